The second-order valence-electron chi connectivity index (χ2n) is 5.98. The molecule has 2 aromatic rings. The molecule has 0 heterocycles. The molecule has 0 aliphatic heterocycles. The molecule has 0 aromatic heterocycles. The molecule has 2 rings (SSSR count). The van der Waals surface area contributed by atoms with Crippen LogP contribution in [0, 0.1) is 10.1 Å². The fraction of sp³-hybridized carbons (Fsp3) is 0.263. The van der Waals surface area contributed by atoms with Crippen molar-refractivity contribution in [1.82, 2.24) is 4.90 Å². The maximum atomic E-state index is 12.2. The number of methoxy groups -OCH3 is 1. The minimum atomic E-state index is -0.487. The molecule has 0 aliphatic carbocycles. The number of nitrogens with one attached hydrogen (secondary N) is 2. The lowest BCUT2D eigenvalue weighted by Gasteiger charge is -2.17. The van der Waals surface area contributed by atoms with Crippen LogP contribution < -0.4 is 15.4 Å². The SMILES string of the molecule is COc1cccc(NC(=O)CN(C)C(=O)CCNc2ccccc2[N+](=O)[O-])c1. The van der Waals surface area contributed by atoms with Crippen molar-refractivity contribution in [3.63, 3.8) is 0 Å². The molecule has 0 unspecified atom stereocenters. The molecule has 2 amide bonds. The topological polar surface area (TPSA) is 114 Å². The van der Waals surface area contributed by atoms with Crippen LogP contribution in [0.2, 0.25) is 0 Å². The van der Waals surface area contributed by atoms with Crippen LogP contribution in [-0.2, 0) is 9.59 Å². The summed E-state index contributed by atoms with van der Waals surface area (Å²) < 4.78 is 5.09. The third kappa shape index (κ3) is 5.97. The number of nitro groups is 1. The maximum absolute atomic E-state index is 12.2. The van der Waals surface area contributed by atoms with Crippen LogP contribution in [0.3, 0.4) is 0 Å². The van der Waals surface area contributed by atoms with Crippen molar-refractivity contribution >= 4 is 28.9 Å². The zero-order chi connectivity index (χ0) is 20.5. The van der Waals surface area contributed by atoms with Crippen LogP contribution >= 0.6 is 0 Å². The second kappa shape index (κ2) is 9.91. The number of likely N-dealkylation sites (N-methyl/N-ethyl adjacent to an activating group) is 1. The van der Waals surface area contributed by atoms with Crippen LogP contribution in [0.1, 0.15) is 6.42 Å². The van der Waals surface area contributed by atoms with Crippen molar-refractivity contribution in [2.75, 3.05) is 37.9 Å². The van der Waals surface area contributed by atoms with Crippen LogP contribution in [0.15, 0.2) is 48.5 Å². The molecule has 2 N–H and O–H groups in total. The molecular weight excluding hydrogens is 364 g/mol. The summed E-state index contributed by atoms with van der Waals surface area (Å²) in [5.41, 5.74) is 0.864. The Labute approximate surface area is 162 Å². The third-order valence-electron chi connectivity index (χ3n) is 3.92. The minimum Gasteiger partial charge on any atom is -0.497 e. The van der Waals surface area contributed by atoms with Crippen molar-refractivity contribution < 1.29 is 19.2 Å². The zero-order valence-corrected chi connectivity index (χ0v) is 15.7. The van der Waals surface area contributed by atoms with Gasteiger partial charge in [-0.3, -0.25) is 19.7 Å². The Bertz CT molecular complexity index is 856. The van der Waals surface area contributed by atoms with Gasteiger partial charge >= 0.3 is 0 Å². The Morgan fingerprint density at radius 2 is 1.93 bits per heavy atom. The van der Waals surface area contributed by atoms with Gasteiger partial charge in [0.25, 0.3) is 5.69 Å². The molecule has 0 spiro atoms. The monoisotopic (exact) mass is 386 g/mol. The lowest BCUT2D eigenvalue weighted by atomic mass is 10.2. The van der Waals surface area contributed by atoms with E-state index in [0.717, 1.165) is 0 Å². The number of para-hydroxylation sites is 2. The molecule has 0 aliphatic rings. The number of nitrogens with zero attached hydrogens (tertiary/aromatic N) is 2. The summed E-state index contributed by atoms with van der Waals surface area (Å²) in [7, 11) is 3.06. The standard InChI is InChI=1S/C19H22N4O5/c1-22(13-18(24)21-14-6-5-7-15(12-14)28-2)19(25)10-11-20-16-8-3-4-9-17(16)23(26)27/h3-9,12,20H,10-11,13H2,1-2H3,(H,21,24). The number of rotatable bonds is 9. The summed E-state index contributed by atoms with van der Waals surface area (Å²) in [4.78, 5) is 36.1. The number of hydrogen-bond donors (Lipinski definition) is 2. The van der Waals surface area contributed by atoms with Gasteiger partial charge in [0.05, 0.1) is 18.6 Å². The van der Waals surface area contributed by atoms with E-state index < -0.39 is 4.92 Å². The fourth-order valence-electron chi connectivity index (χ4n) is 2.48. The molecule has 0 radical (unpaired) electrons. The van der Waals surface area contributed by atoms with Crippen molar-refractivity contribution in [3.05, 3.63) is 58.6 Å². The number of benzene rings is 2. The molecule has 148 valence electrons. The lowest BCUT2D eigenvalue weighted by Crippen LogP contribution is -2.35. The van der Waals surface area contributed by atoms with E-state index >= 15 is 0 Å². The maximum Gasteiger partial charge on any atom is 0.292 e. The zero-order valence-electron chi connectivity index (χ0n) is 15.7. The van der Waals surface area contributed by atoms with Crippen LogP contribution in [0.4, 0.5) is 17.1 Å². The van der Waals surface area contributed by atoms with E-state index in [0.29, 0.717) is 17.1 Å². The highest BCUT2D eigenvalue weighted by Gasteiger charge is 2.15. The number of hydrogen-bond acceptors (Lipinski definition) is 6. The van der Waals surface area contributed by atoms with E-state index in [-0.39, 0.29) is 37.0 Å². The summed E-state index contributed by atoms with van der Waals surface area (Å²) in [6.07, 6.45) is 0.0923. The molecule has 0 saturated carbocycles. The largest absolute Gasteiger partial charge is 0.497 e. The third-order valence-corrected chi connectivity index (χ3v) is 3.92. The van der Waals surface area contributed by atoms with Crippen LogP contribution in [0.25, 0.3) is 0 Å². The summed E-state index contributed by atoms with van der Waals surface area (Å²) in [6.45, 7) is 0.104. The highest BCUT2D eigenvalue weighted by Crippen LogP contribution is 2.23. The number of amides is 2. The van der Waals surface area contributed by atoms with E-state index in [1.54, 1.807) is 42.5 Å². The molecule has 0 saturated heterocycles. The van der Waals surface area contributed by atoms with Gasteiger partial charge in [0, 0.05) is 37.8 Å². The Hall–Kier alpha value is -3.62. The van der Waals surface area contributed by atoms with E-state index in [1.165, 1.54) is 25.1 Å². The number of carbonyl (C=O) groups is 2. The predicted molar refractivity (Wildman–Crippen MR) is 105 cm³/mol. The number of nitro benzene ring substituents is 1. The Kier molecular flexibility index (Phi) is 7.32. The fourth-order valence-corrected chi connectivity index (χ4v) is 2.48. The molecular formula is C19H22N4O5. The van der Waals surface area contributed by atoms with Crippen molar-refractivity contribution in [2.24, 2.45) is 0 Å². The lowest BCUT2D eigenvalue weighted by molar-refractivity contribution is -0.384. The van der Waals surface area contributed by atoms with Crippen LogP contribution in [-0.4, -0.2) is 48.9 Å². The first kappa shape index (κ1) is 20.7. The van der Waals surface area contributed by atoms with Crippen molar-refractivity contribution in [1.29, 1.82) is 0 Å². The first-order valence-corrected chi connectivity index (χ1v) is 8.56. The quantitative estimate of drug-likeness (QED) is 0.506. The van der Waals surface area contributed by atoms with Gasteiger partial charge < -0.3 is 20.3 Å². The summed E-state index contributed by atoms with van der Waals surface area (Å²) in [5, 5.41) is 16.6. The van der Waals surface area contributed by atoms with Crippen molar-refractivity contribution in [2.45, 2.75) is 6.42 Å². The van der Waals surface area contributed by atoms with Gasteiger partial charge in [0.2, 0.25) is 11.8 Å². The van der Waals surface area contributed by atoms with Crippen LogP contribution in [0.5, 0.6) is 5.75 Å². The Morgan fingerprint density at radius 1 is 1.18 bits per heavy atom. The molecule has 0 fully saturated rings. The van der Waals surface area contributed by atoms with Gasteiger partial charge in [-0.2, -0.15) is 0 Å². The molecule has 0 atom stereocenters. The van der Waals surface area contributed by atoms with E-state index in [2.05, 4.69) is 10.6 Å². The minimum absolute atomic E-state index is 0.0547. The highest BCUT2D eigenvalue weighted by atomic mass is 16.6. The van der Waals surface area contributed by atoms with Gasteiger partial charge in [-0.05, 0) is 18.2 Å². The summed E-state index contributed by atoms with van der Waals surface area (Å²) in [5.74, 6) is 0.0194. The van der Waals surface area contributed by atoms with E-state index in [1.807, 2.05) is 0 Å². The number of carbonyl (C=O) groups excluding carboxylic acids is 2. The average molecular weight is 386 g/mol. The van der Waals surface area contributed by atoms with Gasteiger partial charge in [0.15, 0.2) is 0 Å². The highest BCUT2D eigenvalue weighted by molar-refractivity contribution is 5.94. The van der Waals surface area contributed by atoms with Crippen molar-refractivity contribution in [3.8, 4) is 5.75 Å². The molecule has 0 bridgehead atoms. The van der Waals surface area contributed by atoms with Gasteiger partial charge in [-0.15, -0.1) is 0 Å². The van der Waals surface area contributed by atoms with Gasteiger partial charge in [-0.1, -0.05) is 18.2 Å². The normalized spacial score (nSPS) is 10.1. The smallest absolute Gasteiger partial charge is 0.292 e. The number of anilines is 2. The number of ether oxygens (including phenoxy) is 1. The Morgan fingerprint density at radius 3 is 2.64 bits per heavy atom. The summed E-state index contributed by atoms with van der Waals surface area (Å²) in [6, 6.07) is 13.1. The average Bonchev–Trinajstić information content (AvgIpc) is 2.68. The van der Waals surface area contributed by atoms with E-state index in [4.69, 9.17) is 4.74 Å². The first-order chi connectivity index (χ1) is 13.4. The van der Waals surface area contributed by atoms with Gasteiger partial charge in [-0.25, -0.2) is 0 Å². The molecule has 9 heteroatoms. The van der Waals surface area contributed by atoms with Gasteiger partial charge in [0.1, 0.15) is 11.4 Å². The van der Waals surface area contributed by atoms with E-state index in [9.17, 15) is 19.7 Å². The summed E-state index contributed by atoms with van der Waals surface area (Å²) >= 11 is 0. The first-order valence-electron chi connectivity index (χ1n) is 8.56. The Balaban J connectivity index is 1.81. The molecule has 28 heavy (non-hydrogen) atoms. The molecule has 2 aromatic carbocycles. The second-order valence-corrected chi connectivity index (χ2v) is 5.98. The predicted octanol–water partition coefficient (Wildman–Crippen LogP) is 2.50. The molecule has 9 nitrogen and oxygen atoms in total.